The van der Waals surface area contributed by atoms with Crippen molar-refractivity contribution in [2.75, 3.05) is 0 Å². The molecule has 5 heteroatoms. The van der Waals surface area contributed by atoms with Gasteiger partial charge in [0.1, 0.15) is 0 Å². The van der Waals surface area contributed by atoms with Crippen molar-refractivity contribution in [3.8, 4) is 0 Å². The summed E-state index contributed by atoms with van der Waals surface area (Å²) < 4.78 is 0. The Morgan fingerprint density at radius 1 is 1.40 bits per heavy atom. The van der Waals surface area contributed by atoms with Crippen LogP contribution in [0.5, 0.6) is 0 Å². The van der Waals surface area contributed by atoms with Crippen molar-refractivity contribution < 1.29 is 4.92 Å². The lowest BCUT2D eigenvalue weighted by Gasteiger charge is -2.12. The molecule has 10 heavy (non-hydrogen) atoms. The van der Waals surface area contributed by atoms with E-state index in [-0.39, 0.29) is 15.7 Å². The minimum absolute atomic E-state index is 0.109. The predicted octanol–water partition coefficient (Wildman–Crippen LogP) is 2.40. The van der Waals surface area contributed by atoms with Crippen LogP contribution in [0.4, 0.5) is 0 Å². The molecule has 0 aromatic rings. The fourth-order valence-electron chi connectivity index (χ4n) is 0.434. The third kappa shape index (κ3) is 2.96. The van der Waals surface area contributed by atoms with E-state index in [9.17, 15) is 10.1 Å². The molecule has 0 N–H and O–H groups in total. The van der Waals surface area contributed by atoms with Gasteiger partial charge >= 0.3 is 0 Å². The summed E-state index contributed by atoms with van der Waals surface area (Å²) in [5, 5.41) is 10.2. The Morgan fingerprint density at radius 3 is 1.90 bits per heavy atom. The first-order chi connectivity index (χ1) is 4.46. The molecule has 3 nitrogen and oxygen atoms in total. The molecule has 0 aliphatic carbocycles. The Kier molecular flexibility index (Phi) is 4.44. The minimum atomic E-state index is -0.688. The average Bonchev–Trinajstić information content (AvgIpc) is 1.84. The maximum absolute atomic E-state index is 10.2. The Hall–Kier alpha value is 0.360. The Balaban J connectivity index is 3.94. The fraction of sp³-hybridized carbons (Fsp3) is 1.00. The van der Waals surface area contributed by atoms with Crippen molar-refractivity contribution in [1.29, 1.82) is 0 Å². The van der Waals surface area contributed by atoms with E-state index in [1.165, 1.54) is 0 Å². The van der Waals surface area contributed by atoms with Gasteiger partial charge in [-0.2, -0.15) is 0 Å². The quantitative estimate of drug-likeness (QED) is 0.343. The van der Waals surface area contributed by atoms with E-state index in [2.05, 4.69) is 31.9 Å². The zero-order valence-electron chi connectivity index (χ0n) is 5.75. The molecule has 0 amide bonds. The van der Waals surface area contributed by atoms with Gasteiger partial charge in [-0.15, -0.1) is 0 Å². The van der Waals surface area contributed by atoms with Gasteiger partial charge in [-0.3, -0.25) is 10.1 Å². The van der Waals surface area contributed by atoms with Gasteiger partial charge < -0.3 is 0 Å². The standard InChI is InChI=1S/C5H9Br2NO2/c1-3(2)4(6)5(7)8(9)10/h3-5H,1-2H3. The highest BCUT2D eigenvalue weighted by Gasteiger charge is 2.28. The smallest absolute Gasteiger partial charge is 0.263 e. The molecule has 0 rings (SSSR count). The summed E-state index contributed by atoms with van der Waals surface area (Å²) in [5.41, 5.74) is 0. The van der Waals surface area contributed by atoms with Crippen LogP contribution < -0.4 is 0 Å². The van der Waals surface area contributed by atoms with Gasteiger partial charge in [0.2, 0.25) is 0 Å². The van der Waals surface area contributed by atoms with Gasteiger partial charge in [-0.05, 0) is 21.8 Å². The Labute approximate surface area is 76.6 Å². The van der Waals surface area contributed by atoms with E-state index >= 15 is 0 Å². The van der Waals surface area contributed by atoms with Gasteiger partial charge in [0.05, 0.1) is 4.83 Å². The highest BCUT2D eigenvalue weighted by molar-refractivity contribution is 9.12. The molecule has 0 radical (unpaired) electrons. The van der Waals surface area contributed by atoms with Gasteiger partial charge in [-0.25, -0.2) is 0 Å². The normalized spacial score (nSPS) is 16.9. The highest BCUT2D eigenvalue weighted by Crippen LogP contribution is 2.21. The van der Waals surface area contributed by atoms with Crippen LogP contribution in [0, 0.1) is 16.0 Å². The number of alkyl halides is 2. The molecule has 0 aliphatic rings. The van der Waals surface area contributed by atoms with Gasteiger partial charge in [0.15, 0.2) is 0 Å². The second kappa shape index (κ2) is 4.28. The van der Waals surface area contributed by atoms with Crippen LogP contribution in [0.3, 0.4) is 0 Å². The number of halogens is 2. The monoisotopic (exact) mass is 273 g/mol. The third-order valence-corrected chi connectivity index (χ3v) is 4.27. The first kappa shape index (κ1) is 10.4. The second-order valence-corrected chi connectivity index (χ2v) is 4.34. The van der Waals surface area contributed by atoms with E-state index in [1.807, 2.05) is 13.8 Å². The maximum Gasteiger partial charge on any atom is 0.278 e. The summed E-state index contributed by atoms with van der Waals surface area (Å²) in [6, 6.07) is 0. The summed E-state index contributed by atoms with van der Waals surface area (Å²) >= 11 is 6.18. The van der Waals surface area contributed by atoms with Crippen molar-refractivity contribution in [3.05, 3.63) is 10.1 Å². The molecular weight excluding hydrogens is 266 g/mol. The zero-order valence-corrected chi connectivity index (χ0v) is 8.92. The van der Waals surface area contributed by atoms with E-state index in [4.69, 9.17) is 0 Å². The van der Waals surface area contributed by atoms with Crippen molar-refractivity contribution >= 4 is 31.9 Å². The van der Waals surface area contributed by atoms with Crippen LogP contribution in [-0.4, -0.2) is 14.7 Å². The van der Waals surface area contributed by atoms with Crippen molar-refractivity contribution in [1.82, 2.24) is 0 Å². The first-order valence-corrected chi connectivity index (χ1v) is 4.71. The maximum atomic E-state index is 10.2. The van der Waals surface area contributed by atoms with Crippen molar-refractivity contribution in [2.24, 2.45) is 5.92 Å². The van der Waals surface area contributed by atoms with Crippen molar-refractivity contribution in [2.45, 2.75) is 23.6 Å². The molecule has 0 aliphatic heterocycles. The zero-order chi connectivity index (χ0) is 8.31. The van der Waals surface area contributed by atoms with Gasteiger partial charge in [0.25, 0.3) is 4.95 Å². The van der Waals surface area contributed by atoms with Crippen LogP contribution >= 0.6 is 31.9 Å². The molecule has 0 aromatic heterocycles. The lowest BCUT2D eigenvalue weighted by atomic mass is 10.1. The molecule has 0 saturated heterocycles. The first-order valence-electron chi connectivity index (χ1n) is 2.88. The average molecular weight is 275 g/mol. The lowest BCUT2D eigenvalue weighted by Crippen LogP contribution is -2.27. The predicted molar refractivity (Wildman–Crippen MR) is 47.3 cm³/mol. The number of hydrogen-bond donors (Lipinski definition) is 0. The lowest BCUT2D eigenvalue weighted by molar-refractivity contribution is -0.492. The molecule has 0 aromatic carbocycles. The molecule has 0 saturated carbocycles. The van der Waals surface area contributed by atoms with E-state index in [1.54, 1.807) is 0 Å². The number of nitro groups is 1. The Bertz CT molecular complexity index is 129. The summed E-state index contributed by atoms with van der Waals surface area (Å²) in [6.45, 7) is 3.86. The number of hydrogen-bond acceptors (Lipinski definition) is 2. The van der Waals surface area contributed by atoms with Crippen LogP contribution in [0.2, 0.25) is 0 Å². The molecule has 0 heterocycles. The molecule has 2 unspecified atom stereocenters. The fourth-order valence-corrected chi connectivity index (χ4v) is 1.24. The van der Waals surface area contributed by atoms with Crippen LogP contribution in [0.15, 0.2) is 0 Å². The van der Waals surface area contributed by atoms with E-state index < -0.39 is 4.95 Å². The van der Waals surface area contributed by atoms with Crippen LogP contribution in [0.25, 0.3) is 0 Å². The number of nitrogens with zero attached hydrogens (tertiary/aromatic N) is 1. The van der Waals surface area contributed by atoms with Crippen LogP contribution in [-0.2, 0) is 0 Å². The molecule has 2 atom stereocenters. The van der Waals surface area contributed by atoms with E-state index in [0.29, 0.717) is 0 Å². The molecular formula is C5H9Br2NO2. The minimum Gasteiger partial charge on any atom is -0.263 e. The molecule has 0 bridgehead atoms. The Morgan fingerprint density at radius 2 is 1.80 bits per heavy atom. The highest BCUT2D eigenvalue weighted by atomic mass is 79.9. The van der Waals surface area contributed by atoms with E-state index in [0.717, 1.165) is 0 Å². The SMILES string of the molecule is CC(C)C(Br)C(Br)[N+](=O)[O-]. The topological polar surface area (TPSA) is 43.1 Å². The second-order valence-electron chi connectivity index (χ2n) is 2.35. The summed E-state index contributed by atoms with van der Waals surface area (Å²) in [4.78, 5) is 9.03. The largest absolute Gasteiger partial charge is 0.278 e. The molecule has 0 fully saturated rings. The van der Waals surface area contributed by atoms with Gasteiger partial charge in [0, 0.05) is 4.92 Å². The van der Waals surface area contributed by atoms with Crippen LogP contribution in [0.1, 0.15) is 13.8 Å². The summed E-state index contributed by atoms with van der Waals surface area (Å²) in [5.74, 6) is 0.259. The van der Waals surface area contributed by atoms with Gasteiger partial charge in [-0.1, -0.05) is 29.8 Å². The summed E-state index contributed by atoms with van der Waals surface area (Å²) in [7, 11) is 0. The molecule has 60 valence electrons. The van der Waals surface area contributed by atoms with Crippen molar-refractivity contribution in [3.63, 3.8) is 0 Å². The third-order valence-electron chi connectivity index (χ3n) is 1.10. The molecule has 0 spiro atoms. The summed E-state index contributed by atoms with van der Waals surface area (Å²) in [6.07, 6.45) is 0. The number of rotatable bonds is 3.